The molecule has 1 aliphatic rings. The van der Waals surface area contributed by atoms with E-state index < -0.39 is 0 Å². The van der Waals surface area contributed by atoms with Crippen LogP contribution >= 0.6 is 0 Å². The summed E-state index contributed by atoms with van der Waals surface area (Å²) in [7, 11) is 4.50. The van der Waals surface area contributed by atoms with E-state index in [1.165, 1.54) is 27.6 Å². The highest BCUT2D eigenvalue weighted by Crippen LogP contribution is 2.38. The summed E-state index contributed by atoms with van der Waals surface area (Å²) >= 11 is 0. The molecule has 1 aromatic heterocycles. The van der Waals surface area contributed by atoms with Crippen LogP contribution in [-0.4, -0.2) is 39.7 Å². The van der Waals surface area contributed by atoms with E-state index in [1.807, 2.05) is 12.1 Å². The van der Waals surface area contributed by atoms with Gasteiger partial charge >= 0.3 is 0 Å². The lowest BCUT2D eigenvalue weighted by molar-refractivity contribution is 0.0962. The highest BCUT2D eigenvalue weighted by Gasteiger charge is 2.27. The summed E-state index contributed by atoms with van der Waals surface area (Å²) < 4.78 is 21.2. The molecule has 0 aliphatic carbocycles. The standard InChI is InChI=1S/C23H22N2O6/c1-28-19-12-15(13-20(29-2)21(19)30-3)22(26)24-16-6-7-17-14(11-16)8-9-25(17)23(27)18-5-4-10-31-18/h4-7,10-13H,8-9H2,1-3H3,(H,24,26). The van der Waals surface area contributed by atoms with E-state index in [0.29, 0.717) is 47.2 Å². The number of anilines is 2. The molecule has 0 fully saturated rings. The molecule has 8 nitrogen and oxygen atoms in total. The van der Waals surface area contributed by atoms with Gasteiger partial charge in [0, 0.05) is 23.5 Å². The largest absolute Gasteiger partial charge is 0.493 e. The monoisotopic (exact) mass is 422 g/mol. The van der Waals surface area contributed by atoms with E-state index in [0.717, 1.165) is 11.3 Å². The molecule has 0 spiro atoms. The molecule has 3 aromatic rings. The molecule has 2 amide bonds. The molecule has 2 aromatic carbocycles. The van der Waals surface area contributed by atoms with Crippen LogP contribution in [0.5, 0.6) is 17.2 Å². The highest BCUT2D eigenvalue weighted by atomic mass is 16.5. The normalized spacial score (nSPS) is 12.3. The highest BCUT2D eigenvalue weighted by molar-refractivity contribution is 6.07. The van der Waals surface area contributed by atoms with Gasteiger partial charge in [0.15, 0.2) is 17.3 Å². The number of methoxy groups -OCH3 is 3. The van der Waals surface area contributed by atoms with Crippen molar-refractivity contribution in [2.45, 2.75) is 6.42 Å². The van der Waals surface area contributed by atoms with E-state index in [2.05, 4.69) is 5.32 Å². The third-order valence-corrected chi connectivity index (χ3v) is 5.14. The smallest absolute Gasteiger partial charge is 0.293 e. The Labute approximate surface area is 179 Å². The van der Waals surface area contributed by atoms with Gasteiger partial charge in [-0.25, -0.2) is 0 Å². The van der Waals surface area contributed by atoms with E-state index in [9.17, 15) is 9.59 Å². The van der Waals surface area contributed by atoms with Crippen molar-refractivity contribution < 1.29 is 28.2 Å². The van der Waals surface area contributed by atoms with Crippen molar-refractivity contribution in [3.8, 4) is 17.2 Å². The maximum absolute atomic E-state index is 12.8. The first-order chi connectivity index (χ1) is 15.0. The Bertz CT molecular complexity index is 1100. The summed E-state index contributed by atoms with van der Waals surface area (Å²) in [4.78, 5) is 27.1. The number of nitrogens with one attached hydrogen (secondary N) is 1. The molecule has 8 heteroatoms. The summed E-state index contributed by atoms with van der Waals surface area (Å²) in [6.07, 6.45) is 2.17. The van der Waals surface area contributed by atoms with Crippen LogP contribution in [0.25, 0.3) is 0 Å². The minimum Gasteiger partial charge on any atom is -0.493 e. The third-order valence-electron chi connectivity index (χ3n) is 5.14. The number of hydrogen-bond donors (Lipinski definition) is 1. The van der Waals surface area contributed by atoms with Crippen molar-refractivity contribution in [3.05, 3.63) is 65.6 Å². The molecule has 0 radical (unpaired) electrons. The van der Waals surface area contributed by atoms with Gasteiger partial charge in [-0.2, -0.15) is 0 Å². The average Bonchev–Trinajstić information content (AvgIpc) is 3.47. The topological polar surface area (TPSA) is 90.2 Å². The summed E-state index contributed by atoms with van der Waals surface area (Å²) in [6.45, 7) is 0.555. The van der Waals surface area contributed by atoms with Crippen molar-refractivity contribution in [2.75, 3.05) is 38.1 Å². The number of furan rings is 1. The number of ether oxygens (including phenoxy) is 3. The Balaban J connectivity index is 1.55. The van der Waals surface area contributed by atoms with Gasteiger partial charge in [0.1, 0.15) is 0 Å². The lowest BCUT2D eigenvalue weighted by atomic mass is 10.1. The van der Waals surface area contributed by atoms with Gasteiger partial charge in [-0.05, 0) is 54.4 Å². The Kier molecular flexibility index (Phi) is 5.53. The number of rotatable bonds is 6. The molecule has 4 rings (SSSR count). The van der Waals surface area contributed by atoms with Crippen LogP contribution < -0.4 is 24.4 Å². The van der Waals surface area contributed by atoms with E-state index in [4.69, 9.17) is 18.6 Å². The number of carbonyl (C=O) groups excluding carboxylic acids is 2. The van der Waals surface area contributed by atoms with Gasteiger partial charge in [0.25, 0.3) is 11.8 Å². The van der Waals surface area contributed by atoms with Gasteiger partial charge < -0.3 is 28.8 Å². The van der Waals surface area contributed by atoms with Gasteiger partial charge in [0.2, 0.25) is 5.75 Å². The first-order valence-electron chi connectivity index (χ1n) is 9.65. The van der Waals surface area contributed by atoms with Gasteiger partial charge in [0.05, 0.1) is 27.6 Å². The second kappa shape index (κ2) is 8.43. The molecule has 1 N–H and O–H groups in total. The summed E-state index contributed by atoms with van der Waals surface area (Å²) in [5.41, 5.74) is 2.78. The van der Waals surface area contributed by atoms with Crippen molar-refractivity contribution in [1.29, 1.82) is 0 Å². The lowest BCUT2D eigenvalue weighted by Crippen LogP contribution is -2.28. The molecule has 0 unspecified atom stereocenters. The van der Waals surface area contributed by atoms with Crippen molar-refractivity contribution in [3.63, 3.8) is 0 Å². The number of amides is 2. The van der Waals surface area contributed by atoms with Crippen LogP contribution in [0.1, 0.15) is 26.5 Å². The second-order valence-corrected chi connectivity index (χ2v) is 6.90. The molecular weight excluding hydrogens is 400 g/mol. The van der Waals surface area contributed by atoms with Gasteiger partial charge in [-0.3, -0.25) is 9.59 Å². The number of benzene rings is 2. The first kappa shape index (κ1) is 20.3. The average molecular weight is 422 g/mol. The molecule has 31 heavy (non-hydrogen) atoms. The predicted octanol–water partition coefficient (Wildman–Crippen LogP) is 3.76. The fourth-order valence-electron chi connectivity index (χ4n) is 3.64. The maximum atomic E-state index is 12.8. The quantitative estimate of drug-likeness (QED) is 0.651. The van der Waals surface area contributed by atoms with Crippen LogP contribution in [-0.2, 0) is 6.42 Å². The number of nitrogens with zero attached hydrogens (tertiary/aromatic N) is 1. The Hall–Kier alpha value is -3.94. The molecule has 0 atom stereocenters. The van der Waals surface area contributed by atoms with Crippen molar-refractivity contribution in [2.24, 2.45) is 0 Å². The van der Waals surface area contributed by atoms with Gasteiger partial charge in [-0.1, -0.05) is 0 Å². The minimum atomic E-state index is -0.319. The molecule has 1 aliphatic heterocycles. The van der Waals surface area contributed by atoms with E-state index in [1.54, 1.807) is 35.2 Å². The molecule has 160 valence electrons. The zero-order valence-electron chi connectivity index (χ0n) is 17.4. The summed E-state index contributed by atoms with van der Waals surface area (Å²) in [6, 6.07) is 12.0. The van der Waals surface area contributed by atoms with E-state index in [-0.39, 0.29) is 11.8 Å². The number of fused-ring (bicyclic) bond motifs is 1. The first-order valence-corrected chi connectivity index (χ1v) is 9.65. The number of carbonyl (C=O) groups is 2. The SMILES string of the molecule is COc1cc(C(=O)Nc2ccc3c(c2)CCN3C(=O)c2ccco2)cc(OC)c1OC. The molecule has 0 saturated heterocycles. The Morgan fingerprint density at radius 1 is 1.00 bits per heavy atom. The molecular formula is C23H22N2O6. The zero-order chi connectivity index (χ0) is 22.0. The second-order valence-electron chi connectivity index (χ2n) is 6.90. The van der Waals surface area contributed by atoms with Crippen LogP contribution in [0.3, 0.4) is 0 Å². The number of hydrogen-bond acceptors (Lipinski definition) is 6. The van der Waals surface area contributed by atoms with Crippen molar-refractivity contribution in [1.82, 2.24) is 0 Å². The Morgan fingerprint density at radius 2 is 1.74 bits per heavy atom. The summed E-state index contributed by atoms with van der Waals surface area (Å²) in [5.74, 6) is 1.01. The Morgan fingerprint density at radius 3 is 2.35 bits per heavy atom. The predicted molar refractivity (Wildman–Crippen MR) is 115 cm³/mol. The minimum absolute atomic E-state index is 0.182. The summed E-state index contributed by atoms with van der Waals surface area (Å²) in [5, 5.41) is 2.89. The van der Waals surface area contributed by atoms with Crippen LogP contribution in [0, 0.1) is 0 Å². The fraction of sp³-hybridized carbons (Fsp3) is 0.217. The zero-order valence-corrected chi connectivity index (χ0v) is 17.4. The van der Waals surface area contributed by atoms with E-state index >= 15 is 0 Å². The third kappa shape index (κ3) is 3.79. The van der Waals surface area contributed by atoms with Crippen LogP contribution in [0.2, 0.25) is 0 Å². The van der Waals surface area contributed by atoms with Gasteiger partial charge in [-0.15, -0.1) is 0 Å². The maximum Gasteiger partial charge on any atom is 0.293 e. The lowest BCUT2D eigenvalue weighted by Gasteiger charge is -2.16. The van der Waals surface area contributed by atoms with Crippen LogP contribution in [0.15, 0.2) is 53.1 Å². The fourth-order valence-corrected chi connectivity index (χ4v) is 3.64. The van der Waals surface area contributed by atoms with Crippen molar-refractivity contribution >= 4 is 23.2 Å². The molecule has 2 heterocycles. The van der Waals surface area contributed by atoms with Crippen LogP contribution in [0.4, 0.5) is 11.4 Å². The molecule has 0 bridgehead atoms. The molecule has 0 saturated carbocycles.